The molecule has 8 nitrogen and oxygen atoms in total. The van der Waals surface area contributed by atoms with Crippen molar-refractivity contribution in [3.05, 3.63) is 87.5 Å². The zero-order chi connectivity index (χ0) is 21.4. The number of aryl methyl sites for hydroxylation is 1. The van der Waals surface area contributed by atoms with Crippen LogP contribution >= 0.6 is 0 Å². The smallest absolute Gasteiger partial charge is 0.282 e. The third-order valence-corrected chi connectivity index (χ3v) is 4.81. The first kappa shape index (κ1) is 19.1. The minimum Gasteiger partial charge on any atom is -0.454 e. The molecule has 0 aromatic heterocycles. The second-order valence-corrected chi connectivity index (χ2v) is 6.88. The summed E-state index contributed by atoms with van der Waals surface area (Å²) in [6, 6.07) is 15.9. The average Bonchev–Trinajstić information content (AvgIpc) is 2.83. The van der Waals surface area contributed by atoms with Crippen molar-refractivity contribution in [2.75, 3.05) is 17.3 Å². The van der Waals surface area contributed by atoms with Gasteiger partial charge in [0, 0.05) is 18.8 Å². The Morgan fingerprint density at radius 1 is 1.07 bits per heavy atom. The molecule has 0 spiro atoms. The largest absolute Gasteiger partial charge is 0.454 e. The van der Waals surface area contributed by atoms with Gasteiger partial charge in [-0.2, -0.15) is 0 Å². The Labute approximate surface area is 171 Å². The van der Waals surface area contributed by atoms with E-state index < -0.39 is 10.8 Å². The normalized spacial score (nSPS) is 12.3. The highest BCUT2D eigenvalue weighted by molar-refractivity contribution is 6.11. The minimum atomic E-state index is -0.642. The monoisotopic (exact) mass is 403 g/mol. The lowest BCUT2D eigenvalue weighted by Crippen LogP contribution is -2.25. The summed E-state index contributed by atoms with van der Waals surface area (Å²) in [7, 11) is 1.65. The number of amides is 2. The van der Waals surface area contributed by atoms with Gasteiger partial charge in [0.25, 0.3) is 17.5 Å². The van der Waals surface area contributed by atoms with Crippen LogP contribution in [0.5, 0.6) is 11.5 Å². The summed E-state index contributed by atoms with van der Waals surface area (Å²) >= 11 is 0. The van der Waals surface area contributed by atoms with Crippen molar-refractivity contribution in [1.29, 1.82) is 0 Å². The number of hydrogen-bond donors (Lipinski definition) is 1. The summed E-state index contributed by atoms with van der Waals surface area (Å²) in [6.45, 7) is 1.92. The molecule has 0 saturated heterocycles. The summed E-state index contributed by atoms with van der Waals surface area (Å²) in [6.07, 6.45) is 0. The van der Waals surface area contributed by atoms with Crippen molar-refractivity contribution >= 4 is 28.9 Å². The number of carbonyl (C=O) groups is 2. The zero-order valence-electron chi connectivity index (χ0n) is 16.2. The Balaban J connectivity index is 1.67. The van der Waals surface area contributed by atoms with Gasteiger partial charge in [-0.3, -0.25) is 19.7 Å². The number of nitrogens with one attached hydrogen (secondary N) is 1. The highest BCUT2D eigenvalue weighted by Gasteiger charge is 2.27. The van der Waals surface area contributed by atoms with Gasteiger partial charge in [0.05, 0.1) is 16.2 Å². The fourth-order valence-corrected chi connectivity index (χ4v) is 3.27. The van der Waals surface area contributed by atoms with Gasteiger partial charge in [0.2, 0.25) is 0 Å². The van der Waals surface area contributed by atoms with E-state index >= 15 is 0 Å². The third kappa shape index (κ3) is 3.35. The number of hydrogen-bond acceptors (Lipinski definition) is 5. The van der Waals surface area contributed by atoms with E-state index in [0.717, 1.165) is 5.56 Å². The molecule has 1 N–H and O–H groups in total. The van der Waals surface area contributed by atoms with Crippen LogP contribution in [0.3, 0.4) is 0 Å². The molecule has 0 aliphatic carbocycles. The fourth-order valence-electron chi connectivity index (χ4n) is 3.27. The third-order valence-electron chi connectivity index (χ3n) is 4.81. The molecule has 3 aromatic rings. The second-order valence-electron chi connectivity index (χ2n) is 6.88. The maximum absolute atomic E-state index is 13.0. The summed E-state index contributed by atoms with van der Waals surface area (Å²) < 4.78 is 5.93. The van der Waals surface area contributed by atoms with E-state index in [1.165, 1.54) is 29.2 Å². The summed E-state index contributed by atoms with van der Waals surface area (Å²) in [4.78, 5) is 37.7. The molecule has 150 valence electrons. The van der Waals surface area contributed by atoms with Crippen LogP contribution in [0.1, 0.15) is 26.3 Å². The van der Waals surface area contributed by atoms with Crippen molar-refractivity contribution in [3.8, 4) is 11.5 Å². The molecule has 0 bridgehead atoms. The van der Waals surface area contributed by atoms with Gasteiger partial charge in [0.15, 0.2) is 5.75 Å². The zero-order valence-corrected chi connectivity index (χ0v) is 16.2. The fraction of sp³-hybridized carbons (Fsp3) is 0.0909. The van der Waals surface area contributed by atoms with E-state index in [1.807, 2.05) is 19.1 Å². The lowest BCUT2D eigenvalue weighted by molar-refractivity contribution is -0.385. The first-order valence-corrected chi connectivity index (χ1v) is 9.10. The van der Waals surface area contributed by atoms with E-state index in [2.05, 4.69) is 5.32 Å². The molecular weight excluding hydrogens is 386 g/mol. The van der Waals surface area contributed by atoms with E-state index in [1.54, 1.807) is 31.3 Å². The number of nitrogens with zero attached hydrogens (tertiary/aromatic N) is 2. The van der Waals surface area contributed by atoms with Crippen LogP contribution in [-0.2, 0) is 0 Å². The van der Waals surface area contributed by atoms with Crippen molar-refractivity contribution < 1.29 is 19.2 Å². The van der Waals surface area contributed by atoms with Crippen LogP contribution in [0.15, 0.2) is 60.7 Å². The first-order chi connectivity index (χ1) is 14.3. The van der Waals surface area contributed by atoms with E-state index in [9.17, 15) is 19.7 Å². The van der Waals surface area contributed by atoms with Gasteiger partial charge in [-0.05, 0) is 48.9 Å². The number of nitro groups is 1. The molecule has 0 saturated carbocycles. The Hall–Kier alpha value is -4.20. The van der Waals surface area contributed by atoms with Crippen LogP contribution in [0.25, 0.3) is 0 Å². The summed E-state index contributed by atoms with van der Waals surface area (Å²) in [5.41, 5.74) is 1.85. The van der Waals surface area contributed by atoms with Crippen LogP contribution in [0.4, 0.5) is 17.1 Å². The van der Waals surface area contributed by atoms with Gasteiger partial charge in [-0.25, -0.2) is 0 Å². The Morgan fingerprint density at radius 3 is 2.57 bits per heavy atom. The summed E-state index contributed by atoms with van der Waals surface area (Å²) in [5.74, 6) is -0.0299. The van der Waals surface area contributed by atoms with Crippen molar-refractivity contribution in [1.82, 2.24) is 0 Å². The van der Waals surface area contributed by atoms with Crippen molar-refractivity contribution in [3.63, 3.8) is 0 Å². The lowest BCUT2D eigenvalue weighted by Gasteiger charge is -2.16. The molecule has 1 aliphatic rings. The van der Waals surface area contributed by atoms with Gasteiger partial charge in [-0.15, -0.1) is 0 Å². The quantitative estimate of drug-likeness (QED) is 0.511. The van der Waals surface area contributed by atoms with Gasteiger partial charge in [0.1, 0.15) is 11.3 Å². The van der Waals surface area contributed by atoms with E-state index in [4.69, 9.17) is 4.74 Å². The molecule has 1 heterocycles. The number of ether oxygens (including phenoxy) is 1. The maximum atomic E-state index is 13.0. The van der Waals surface area contributed by atoms with Crippen LogP contribution in [0, 0.1) is 17.0 Å². The SMILES string of the molecule is Cc1ccc2c(c1)N(C)C(=O)c1cc(NC(=O)c3ccccc3[N+](=O)[O-])ccc1O2. The summed E-state index contributed by atoms with van der Waals surface area (Å²) in [5, 5.41) is 13.8. The Bertz CT molecular complexity index is 1210. The lowest BCUT2D eigenvalue weighted by atomic mass is 10.1. The molecule has 2 amide bonds. The number of anilines is 2. The standard InChI is InChI=1S/C22H17N3O5/c1-13-7-9-20-18(11-13)24(2)22(27)16-12-14(8-10-19(16)30-20)23-21(26)15-5-3-4-6-17(15)25(28)29/h3-12H,1-2H3,(H,23,26). The molecular formula is C22H17N3O5. The molecule has 1 aliphatic heterocycles. The van der Waals surface area contributed by atoms with E-state index in [0.29, 0.717) is 22.9 Å². The molecule has 0 radical (unpaired) electrons. The molecule has 0 atom stereocenters. The average molecular weight is 403 g/mol. The predicted molar refractivity (Wildman–Crippen MR) is 111 cm³/mol. The number of carbonyl (C=O) groups excluding carboxylic acids is 2. The van der Waals surface area contributed by atoms with Gasteiger partial charge < -0.3 is 15.0 Å². The highest BCUT2D eigenvalue weighted by atomic mass is 16.6. The van der Waals surface area contributed by atoms with Crippen LogP contribution in [-0.4, -0.2) is 23.8 Å². The van der Waals surface area contributed by atoms with Crippen LogP contribution < -0.4 is 15.0 Å². The van der Waals surface area contributed by atoms with Crippen molar-refractivity contribution in [2.24, 2.45) is 0 Å². The predicted octanol–water partition coefficient (Wildman–Crippen LogP) is 4.54. The topological polar surface area (TPSA) is 102 Å². The Kier molecular flexibility index (Phi) is 4.67. The molecule has 8 heteroatoms. The molecule has 4 rings (SSSR count). The van der Waals surface area contributed by atoms with Gasteiger partial charge in [-0.1, -0.05) is 18.2 Å². The van der Waals surface area contributed by atoms with Crippen LogP contribution in [0.2, 0.25) is 0 Å². The molecule has 0 fully saturated rings. The first-order valence-electron chi connectivity index (χ1n) is 9.10. The second kappa shape index (κ2) is 7.32. The maximum Gasteiger partial charge on any atom is 0.282 e. The minimum absolute atomic E-state index is 0.0694. The van der Waals surface area contributed by atoms with Crippen molar-refractivity contribution in [2.45, 2.75) is 6.92 Å². The molecule has 3 aromatic carbocycles. The molecule has 30 heavy (non-hydrogen) atoms. The number of fused-ring (bicyclic) bond motifs is 2. The molecule has 0 unspecified atom stereocenters. The Morgan fingerprint density at radius 2 is 1.80 bits per heavy atom. The number of para-hydroxylation sites is 1. The number of benzene rings is 3. The van der Waals surface area contributed by atoms with E-state index in [-0.39, 0.29) is 22.7 Å². The number of rotatable bonds is 3. The number of nitro benzene ring substituents is 1. The highest BCUT2D eigenvalue weighted by Crippen LogP contribution is 2.39. The van der Waals surface area contributed by atoms with Gasteiger partial charge >= 0.3 is 0 Å².